The summed E-state index contributed by atoms with van der Waals surface area (Å²) < 4.78 is 51.3. The maximum absolute atomic E-state index is 13.6. The smallest absolute Gasteiger partial charge is 0.349 e. The standard InChI is InChI=1S/C15H17F4NO/c1-9-2-7-13(16)12(8-9)14(21)20-11-5-3-10(4-6-11)15(17,18)19/h2,7-8,10-11H,3-6H2,1H3,(H,20,21). The van der Waals surface area contributed by atoms with Crippen molar-refractivity contribution in [2.75, 3.05) is 0 Å². The molecule has 0 saturated heterocycles. The summed E-state index contributed by atoms with van der Waals surface area (Å²) in [6, 6.07) is 3.88. The number of rotatable bonds is 2. The molecule has 0 atom stereocenters. The number of aryl methyl sites for hydroxylation is 1. The van der Waals surface area contributed by atoms with Crippen LogP contribution in [0.4, 0.5) is 17.6 Å². The number of carbonyl (C=O) groups is 1. The summed E-state index contributed by atoms with van der Waals surface area (Å²) >= 11 is 0. The molecule has 1 aliphatic rings. The molecule has 0 spiro atoms. The quantitative estimate of drug-likeness (QED) is 0.823. The third kappa shape index (κ3) is 3.95. The van der Waals surface area contributed by atoms with Crippen molar-refractivity contribution in [2.24, 2.45) is 5.92 Å². The normalized spacial score (nSPS) is 22.9. The molecule has 21 heavy (non-hydrogen) atoms. The van der Waals surface area contributed by atoms with Gasteiger partial charge in [-0.3, -0.25) is 4.79 Å². The van der Waals surface area contributed by atoms with Crippen molar-refractivity contribution in [3.05, 3.63) is 35.1 Å². The molecule has 1 aromatic rings. The molecule has 0 radical (unpaired) electrons. The average Bonchev–Trinajstić information content (AvgIpc) is 2.41. The Balaban J connectivity index is 1.94. The first-order chi connectivity index (χ1) is 9.77. The highest BCUT2D eigenvalue weighted by Crippen LogP contribution is 2.37. The average molecular weight is 303 g/mol. The molecule has 0 unspecified atom stereocenters. The second kappa shape index (κ2) is 6.03. The molecule has 116 valence electrons. The van der Waals surface area contributed by atoms with Gasteiger partial charge in [-0.2, -0.15) is 13.2 Å². The van der Waals surface area contributed by atoms with Crippen LogP contribution in [-0.4, -0.2) is 18.1 Å². The largest absolute Gasteiger partial charge is 0.391 e. The summed E-state index contributed by atoms with van der Waals surface area (Å²) in [6.07, 6.45) is -3.63. The lowest BCUT2D eigenvalue weighted by Gasteiger charge is -2.30. The molecule has 0 aliphatic heterocycles. The fraction of sp³-hybridized carbons (Fsp3) is 0.533. The van der Waals surface area contributed by atoms with Crippen LogP contribution in [0.15, 0.2) is 18.2 Å². The summed E-state index contributed by atoms with van der Waals surface area (Å²) in [6.45, 7) is 1.74. The van der Waals surface area contributed by atoms with Gasteiger partial charge >= 0.3 is 6.18 Å². The van der Waals surface area contributed by atoms with E-state index in [1.54, 1.807) is 13.0 Å². The van der Waals surface area contributed by atoms with E-state index in [0.29, 0.717) is 0 Å². The Kier molecular flexibility index (Phi) is 4.54. The highest BCUT2D eigenvalue weighted by atomic mass is 19.4. The molecule has 1 aliphatic carbocycles. The first-order valence-corrected chi connectivity index (χ1v) is 6.91. The molecule has 1 saturated carbocycles. The highest BCUT2D eigenvalue weighted by Gasteiger charge is 2.41. The fourth-order valence-electron chi connectivity index (χ4n) is 2.64. The van der Waals surface area contributed by atoms with Gasteiger partial charge in [-0.15, -0.1) is 0 Å². The van der Waals surface area contributed by atoms with E-state index in [2.05, 4.69) is 5.32 Å². The number of hydrogen-bond acceptors (Lipinski definition) is 1. The molecule has 0 aromatic heterocycles. The number of amides is 1. The van der Waals surface area contributed by atoms with Crippen molar-refractivity contribution in [3.63, 3.8) is 0 Å². The van der Waals surface area contributed by atoms with Crippen LogP contribution in [0, 0.1) is 18.7 Å². The van der Waals surface area contributed by atoms with E-state index in [1.165, 1.54) is 12.1 Å². The van der Waals surface area contributed by atoms with Gasteiger partial charge in [0.2, 0.25) is 0 Å². The SMILES string of the molecule is Cc1ccc(F)c(C(=O)NC2CCC(C(F)(F)F)CC2)c1. The molecule has 0 heterocycles. The van der Waals surface area contributed by atoms with Crippen LogP contribution >= 0.6 is 0 Å². The number of alkyl halides is 3. The van der Waals surface area contributed by atoms with Crippen LogP contribution in [0.5, 0.6) is 0 Å². The molecule has 2 nitrogen and oxygen atoms in total. The van der Waals surface area contributed by atoms with Crippen LogP contribution in [0.1, 0.15) is 41.6 Å². The number of hydrogen-bond donors (Lipinski definition) is 1. The second-order valence-electron chi connectivity index (χ2n) is 5.55. The Morgan fingerprint density at radius 3 is 2.38 bits per heavy atom. The molecular weight excluding hydrogens is 286 g/mol. The number of carbonyl (C=O) groups excluding carboxylic acids is 1. The van der Waals surface area contributed by atoms with E-state index in [1.807, 2.05) is 0 Å². The van der Waals surface area contributed by atoms with Gasteiger partial charge in [0.05, 0.1) is 11.5 Å². The van der Waals surface area contributed by atoms with Gasteiger partial charge in [0.1, 0.15) is 5.82 Å². The van der Waals surface area contributed by atoms with E-state index in [4.69, 9.17) is 0 Å². The summed E-state index contributed by atoms with van der Waals surface area (Å²) in [5.41, 5.74) is 0.690. The Labute approximate surface area is 120 Å². The van der Waals surface area contributed by atoms with Crippen molar-refractivity contribution in [3.8, 4) is 0 Å². The maximum Gasteiger partial charge on any atom is 0.391 e. The number of nitrogens with one attached hydrogen (secondary N) is 1. The van der Waals surface area contributed by atoms with Gasteiger partial charge in [-0.1, -0.05) is 11.6 Å². The first kappa shape index (κ1) is 15.8. The van der Waals surface area contributed by atoms with Crippen LogP contribution < -0.4 is 5.32 Å². The van der Waals surface area contributed by atoms with Crippen molar-refractivity contribution >= 4 is 5.91 Å². The Morgan fingerprint density at radius 1 is 1.19 bits per heavy atom. The molecule has 1 fully saturated rings. The van der Waals surface area contributed by atoms with Crippen LogP contribution in [-0.2, 0) is 0 Å². The monoisotopic (exact) mass is 303 g/mol. The van der Waals surface area contributed by atoms with Gasteiger partial charge in [-0.25, -0.2) is 4.39 Å². The summed E-state index contributed by atoms with van der Waals surface area (Å²) in [5, 5.41) is 2.63. The van der Waals surface area contributed by atoms with Crippen LogP contribution in [0.2, 0.25) is 0 Å². The second-order valence-corrected chi connectivity index (χ2v) is 5.55. The zero-order valence-corrected chi connectivity index (χ0v) is 11.6. The van der Waals surface area contributed by atoms with E-state index >= 15 is 0 Å². The molecule has 1 N–H and O–H groups in total. The minimum absolute atomic E-state index is 0.00471. The number of halogens is 4. The van der Waals surface area contributed by atoms with Crippen LogP contribution in [0.3, 0.4) is 0 Å². The summed E-state index contributed by atoms with van der Waals surface area (Å²) in [7, 11) is 0. The van der Waals surface area contributed by atoms with E-state index in [0.717, 1.165) is 5.56 Å². The van der Waals surface area contributed by atoms with Gasteiger partial charge < -0.3 is 5.32 Å². The number of benzene rings is 1. The summed E-state index contributed by atoms with van der Waals surface area (Å²) in [4.78, 5) is 12.0. The van der Waals surface area contributed by atoms with Gasteiger partial charge in [-0.05, 0) is 44.7 Å². The third-order valence-electron chi connectivity index (χ3n) is 3.89. The predicted molar refractivity (Wildman–Crippen MR) is 70.4 cm³/mol. The lowest BCUT2D eigenvalue weighted by atomic mass is 9.85. The molecule has 0 bridgehead atoms. The van der Waals surface area contributed by atoms with Crippen molar-refractivity contribution < 1.29 is 22.4 Å². The minimum Gasteiger partial charge on any atom is -0.349 e. The summed E-state index contributed by atoms with van der Waals surface area (Å²) in [5.74, 6) is -2.48. The lowest BCUT2D eigenvalue weighted by Crippen LogP contribution is -2.40. The zero-order valence-electron chi connectivity index (χ0n) is 11.6. The van der Waals surface area contributed by atoms with E-state index in [9.17, 15) is 22.4 Å². The Morgan fingerprint density at radius 2 is 1.81 bits per heavy atom. The molecule has 2 rings (SSSR count). The molecule has 1 aromatic carbocycles. The van der Waals surface area contributed by atoms with Gasteiger partial charge in [0, 0.05) is 6.04 Å². The Bertz CT molecular complexity index is 519. The first-order valence-electron chi connectivity index (χ1n) is 6.91. The van der Waals surface area contributed by atoms with E-state index < -0.39 is 23.8 Å². The van der Waals surface area contributed by atoms with Crippen LogP contribution in [0.25, 0.3) is 0 Å². The highest BCUT2D eigenvalue weighted by molar-refractivity contribution is 5.94. The third-order valence-corrected chi connectivity index (χ3v) is 3.89. The lowest BCUT2D eigenvalue weighted by molar-refractivity contribution is -0.182. The molecule has 1 amide bonds. The Hall–Kier alpha value is -1.59. The van der Waals surface area contributed by atoms with E-state index in [-0.39, 0.29) is 37.3 Å². The van der Waals surface area contributed by atoms with Crippen molar-refractivity contribution in [2.45, 2.75) is 44.8 Å². The molecular formula is C15H17F4NO. The van der Waals surface area contributed by atoms with Gasteiger partial charge in [0.15, 0.2) is 0 Å². The maximum atomic E-state index is 13.6. The van der Waals surface area contributed by atoms with Crippen molar-refractivity contribution in [1.29, 1.82) is 0 Å². The predicted octanol–water partition coefficient (Wildman–Crippen LogP) is 3.99. The minimum atomic E-state index is -4.17. The molecule has 6 heteroatoms. The van der Waals surface area contributed by atoms with Gasteiger partial charge in [0.25, 0.3) is 5.91 Å². The topological polar surface area (TPSA) is 29.1 Å². The fourth-order valence-corrected chi connectivity index (χ4v) is 2.64. The zero-order chi connectivity index (χ0) is 15.6. The van der Waals surface area contributed by atoms with Crippen molar-refractivity contribution in [1.82, 2.24) is 5.32 Å².